The van der Waals surface area contributed by atoms with Crippen LogP contribution in [-0.4, -0.2) is 5.84 Å². The van der Waals surface area contributed by atoms with Gasteiger partial charge < -0.3 is 5.32 Å². The molecule has 0 aromatic heterocycles. The lowest BCUT2D eigenvalue weighted by Crippen LogP contribution is -2.44. The van der Waals surface area contributed by atoms with Crippen LogP contribution in [0.4, 0.5) is 0 Å². The van der Waals surface area contributed by atoms with Gasteiger partial charge in [0.05, 0.1) is 0 Å². The molecule has 0 saturated carbocycles. The zero-order chi connectivity index (χ0) is 31.9. The molecule has 1 heterocycles. The van der Waals surface area contributed by atoms with E-state index < -0.39 is 0 Å². The normalized spacial score (nSPS) is 16.1. The Morgan fingerprint density at radius 2 is 1.02 bits per heavy atom. The first-order valence-corrected chi connectivity index (χ1v) is 16.5. The Balaban J connectivity index is 1.12. The van der Waals surface area contributed by atoms with Gasteiger partial charge in [-0.1, -0.05) is 170 Å². The van der Waals surface area contributed by atoms with Gasteiger partial charge in [0.2, 0.25) is 0 Å². The fourth-order valence-corrected chi connectivity index (χ4v) is 7.13. The Bertz CT molecular complexity index is 2450. The van der Waals surface area contributed by atoms with Gasteiger partial charge in [0.15, 0.2) is 0 Å². The number of rotatable bonds is 5. The molecule has 0 fully saturated rings. The van der Waals surface area contributed by atoms with Gasteiger partial charge in [-0.3, -0.25) is 5.32 Å². The molecule has 0 amide bonds. The monoisotopic (exact) mass is 615 g/mol. The van der Waals surface area contributed by atoms with Crippen LogP contribution in [0.2, 0.25) is 0 Å². The van der Waals surface area contributed by atoms with Crippen LogP contribution in [0.1, 0.15) is 29.0 Å². The van der Waals surface area contributed by atoms with Crippen molar-refractivity contribution in [2.75, 3.05) is 0 Å². The van der Waals surface area contributed by atoms with Gasteiger partial charge >= 0.3 is 0 Å². The minimum absolute atomic E-state index is 0.112. The summed E-state index contributed by atoms with van der Waals surface area (Å²) in [5.41, 5.74) is 8.25. The molecule has 0 bridgehead atoms. The number of fused-ring (bicyclic) bond motifs is 4. The molecule has 2 N–H and O–H groups in total. The maximum absolute atomic E-state index is 5.08. The fourth-order valence-electron chi connectivity index (χ4n) is 7.13. The van der Waals surface area contributed by atoms with E-state index in [9.17, 15) is 0 Å². The summed E-state index contributed by atoms with van der Waals surface area (Å²) in [6.45, 7) is 0. The van der Waals surface area contributed by atoms with Crippen LogP contribution in [0.5, 0.6) is 0 Å². The molecule has 8 aromatic carbocycles. The highest BCUT2D eigenvalue weighted by molar-refractivity contribution is 6.10. The molecule has 1 aliphatic rings. The Kier molecular flexibility index (Phi) is 7.03. The molecule has 1 aliphatic heterocycles. The van der Waals surface area contributed by atoms with Gasteiger partial charge in [0.25, 0.3) is 0 Å². The quantitative estimate of drug-likeness (QED) is 0.189. The third-order valence-electron chi connectivity index (χ3n) is 9.54. The topological polar surface area (TPSA) is 36.4 Å². The van der Waals surface area contributed by atoms with Crippen LogP contribution in [0, 0.1) is 0 Å². The first-order chi connectivity index (χ1) is 23.8. The third-order valence-corrected chi connectivity index (χ3v) is 9.54. The van der Waals surface area contributed by atoms with Crippen LogP contribution in [-0.2, 0) is 0 Å². The fraction of sp³-hybridized carbons (Fsp3) is 0.0444. The molecule has 9 rings (SSSR count). The Morgan fingerprint density at radius 1 is 0.417 bits per heavy atom. The molecule has 8 aromatic rings. The summed E-state index contributed by atoms with van der Waals surface area (Å²) in [5.74, 6) is 0.887. The summed E-state index contributed by atoms with van der Waals surface area (Å²) in [6, 6.07) is 63.1. The van der Waals surface area contributed by atoms with Gasteiger partial charge in [-0.15, -0.1) is 0 Å². The van der Waals surface area contributed by atoms with E-state index >= 15 is 0 Å². The molecule has 0 radical (unpaired) electrons. The van der Waals surface area contributed by atoms with Gasteiger partial charge in [0.1, 0.15) is 18.2 Å². The predicted molar refractivity (Wildman–Crippen MR) is 201 cm³/mol. The molecule has 0 saturated heterocycles. The lowest BCUT2D eigenvalue weighted by molar-refractivity contribution is 0.409. The first-order valence-electron chi connectivity index (χ1n) is 16.5. The van der Waals surface area contributed by atoms with Gasteiger partial charge in [-0.2, -0.15) is 0 Å². The van der Waals surface area contributed by atoms with Gasteiger partial charge in [-0.25, -0.2) is 4.99 Å². The highest BCUT2D eigenvalue weighted by Gasteiger charge is 2.25. The van der Waals surface area contributed by atoms with Crippen molar-refractivity contribution in [2.24, 2.45) is 4.99 Å². The Hall–Kier alpha value is -6.03. The molecule has 2 atom stereocenters. The average molecular weight is 616 g/mol. The maximum atomic E-state index is 5.08. The molecule has 0 aliphatic carbocycles. The predicted octanol–water partition coefficient (Wildman–Crippen LogP) is 10.8. The van der Waals surface area contributed by atoms with Crippen molar-refractivity contribution in [3.63, 3.8) is 0 Å². The van der Waals surface area contributed by atoms with Crippen molar-refractivity contribution in [3.05, 3.63) is 193 Å². The van der Waals surface area contributed by atoms with Crippen molar-refractivity contribution in [2.45, 2.75) is 12.3 Å². The van der Waals surface area contributed by atoms with E-state index in [4.69, 9.17) is 4.99 Å². The number of nitrogens with one attached hydrogen (secondary N) is 2. The first kappa shape index (κ1) is 28.2. The van der Waals surface area contributed by atoms with Gasteiger partial charge in [0, 0.05) is 5.56 Å². The highest BCUT2D eigenvalue weighted by atomic mass is 15.3. The lowest BCUT2D eigenvalue weighted by Gasteiger charge is -2.32. The smallest absolute Gasteiger partial charge is 0.131 e. The SMILES string of the molecule is c1ccc(C2=NC(c3ccccc3)NC(c3ccc(-c4c(-c5ccc6c(ccc7ccccc76)c5)ccc5ccccc45)cc3)N2)cc1. The molecule has 0 spiro atoms. The summed E-state index contributed by atoms with van der Waals surface area (Å²) >= 11 is 0. The van der Waals surface area contributed by atoms with Crippen LogP contribution in [0.3, 0.4) is 0 Å². The van der Waals surface area contributed by atoms with Crippen molar-refractivity contribution >= 4 is 38.2 Å². The van der Waals surface area contributed by atoms with E-state index in [2.05, 4.69) is 174 Å². The zero-order valence-corrected chi connectivity index (χ0v) is 26.3. The number of aliphatic imine (C=N–C) groups is 1. The Labute approximate surface area is 280 Å². The maximum Gasteiger partial charge on any atom is 0.131 e. The van der Waals surface area contributed by atoms with Crippen LogP contribution >= 0.6 is 0 Å². The number of hydrogen-bond acceptors (Lipinski definition) is 3. The van der Waals surface area contributed by atoms with Gasteiger partial charge in [-0.05, 0) is 71.8 Å². The molecule has 3 nitrogen and oxygen atoms in total. The molecule has 2 unspecified atom stereocenters. The summed E-state index contributed by atoms with van der Waals surface area (Å²) in [6.07, 6.45) is -0.277. The lowest BCUT2D eigenvalue weighted by atomic mass is 9.88. The van der Waals surface area contributed by atoms with Crippen LogP contribution < -0.4 is 10.6 Å². The molecular weight excluding hydrogens is 583 g/mol. The van der Waals surface area contributed by atoms with Crippen molar-refractivity contribution in [1.29, 1.82) is 0 Å². The third kappa shape index (κ3) is 5.11. The van der Waals surface area contributed by atoms with E-state index in [0.29, 0.717) is 0 Å². The summed E-state index contributed by atoms with van der Waals surface area (Å²) in [4.78, 5) is 5.08. The minimum atomic E-state index is -0.165. The molecule has 3 heteroatoms. The summed E-state index contributed by atoms with van der Waals surface area (Å²) in [5, 5.41) is 15.0. The number of hydrogen-bond donors (Lipinski definition) is 2. The van der Waals surface area contributed by atoms with E-state index in [1.807, 2.05) is 12.1 Å². The largest absolute Gasteiger partial charge is 0.350 e. The highest BCUT2D eigenvalue weighted by Crippen LogP contribution is 2.40. The second-order valence-corrected chi connectivity index (χ2v) is 12.5. The van der Waals surface area contributed by atoms with Crippen LogP contribution in [0.15, 0.2) is 181 Å². The second kappa shape index (κ2) is 12.0. The van der Waals surface area contributed by atoms with Crippen molar-refractivity contribution in [1.82, 2.24) is 10.6 Å². The van der Waals surface area contributed by atoms with E-state index in [1.54, 1.807) is 0 Å². The molecule has 228 valence electrons. The molecule has 48 heavy (non-hydrogen) atoms. The molecular formula is C45H33N3. The van der Waals surface area contributed by atoms with Crippen molar-refractivity contribution in [3.8, 4) is 22.3 Å². The second-order valence-electron chi connectivity index (χ2n) is 12.5. The zero-order valence-electron chi connectivity index (χ0n) is 26.3. The number of benzene rings is 8. The number of amidine groups is 1. The summed E-state index contributed by atoms with van der Waals surface area (Å²) in [7, 11) is 0. The van der Waals surface area contributed by atoms with Crippen molar-refractivity contribution < 1.29 is 0 Å². The standard InChI is InChI=1S/C45H33N3/c1-3-13-33(14-4-1)43-46-44(34-15-5-2-6-16-34)48-45(47-43)35-22-20-32(21-23-35)42-40-18-10-8-12-31(40)25-28-41(42)37-26-27-39-36(29-37)24-19-30-11-7-9-17-38(30)39/h1-29,43,45,47H,(H,46,48). The van der Waals surface area contributed by atoms with E-state index in [0.717, 1.165) is 22.5 Å². The van der Waals surface area contributed by atoms with Crippen LogP contribution in [0.25, 0.3) is 54.6 Å². The Morgan fingerprint density at radius 3 is 1.81 bits per heavy atom. The summed E-state index contributed by atoms with van der Waals surface area (Å²) < 4.78 is 0. The van der Waals surface area contributed by atoms with E-state index in [1.165, 1.54) is 54.6 Å². The average Bonchev–Trinajstić information content (AvgIpc) is 3.18. The number of nitrogens with zero attached hydrogens (tertiary/aromatic N) is 1. The van der Waals surface area contributed by atoms with E-state index in [-0.39, 0.29) is 12.3 Å². The minimum Gasteiger partial charge on any atom is -0.350 e.